The lowest BCUT2D eigenvalue weighted by Crippen LogP contribution is -1.95. The van der Waals surface area contributed by atoms with E-state index >= 15 is 0 Å². The number of nitrogens with zero attached hydrogens (tertiary/aromatic N) is 1. The van der Waals surface area contributed by atoms with E-state index in [0.29, 0.717) is 10.4 Å². The van der Waals surface area contributed by atoms with Crippen LogP contribution in [0, 0.1) is 0 Å². The summed E-state index contributed by atoms with van der Waals surface area (Å²) in [5.41, 5.74) is 0.0941. The molecule has 3 nitrogen and oxygen atoms in total. The van der Waals surface area contributed by atoms with E-state index in [9.17, 15) is 4.79 Å². The fourth-order valence-corrected chi connectivity index (χ4v) is 2.11. The molecule has 1 aromatic heterocycles. The minimum absolute atomic E-state index is 0.0941. The highest BCUT2D eigenvalue weighted by Gasteiger charge is 2.12. The third kappa shape index (κ3) is 1.38. The highest BCUT2D eigenvalue weighted by molar-refractivity contribution is 7.13. The van der Waals surface area contributed by atoms with Crippen LogP contribution in [0.2, 0.25) is 5.02 Å². The van der Waals surface area contributed by atoms with Gasteiger partial charge < -0.3 is 5.11 Å². The van der Waals surface area contributed by atoms with Crippen LogP contribution in [-0.2, 0) is 0 Å². The number of carboxylic acid groups (broad SMARTS) is 1. The maximum atomic E-state index is 10.7. The highest BCUT2D eigenvalue weighted by Crippen LogP contribution is 2.25. The van der Waals surface area contributed by atoms with Crippen LogP contribution in [0.25, 0.3) is 10.1 Å². The monoisotopic (exact) mass is 213 g/mol. The van der Waals surface area contributed by atoms with Gasteiger partial charge in [-0.1, -0.05) is 11.6 Å². The van der Waals surface area contributed by atoms with Gasteiger partial charge >= 0.3 is 5.97 Å². The van der Waals surface area contributed by atoms with E-state index in [-0.39, 0.29) is 5.69 Å². The molecule has 0 bridgehead atoms. The molecule has 0 aliphatic carbocycles. The first-order valence-electron chi connectivity index (χ1n) is 3.47. The molecule has 5 heteroatoms. The van der Waals surface area contributed by atoms with Gasteiger partial charge in [0.1, 0.15) is 0 Å². The molecule has 0 saturated carbocycles. The zero-order valence-corrected chi connectivity index (χ0v) is 7.89. The summed E-state index contributed by atoms with van der Waals surface area (Å²) >= 11 is 6.88. The number of carboxylic acids is 1. The standard InChI is InChI=1S/C8H4ClNO2S/c9-4-1-2-5-6(3-4)13-10-7(5)8(11)12/h1-3H,(H,11,12). The van der Waals surface area contributed by atoms with Crippen LogP contribution < -0.4 is 0 Å². The smallest absolute Gasteiger partial charge is 0.356 e. The number of hydrogen-bond acceptors (Lipinski definition) is 3. The van der Waals surface area contributed by atoms with Crippen molar-refractivity contribution >= 4 is 39.2 Å². The number of fused-ring (bicyclic) bond motifs is 1. The van der Waals surface area contributed by atoms with Gasteiger partial charge in [-0.05, 0) is 29.7 Å². The van der Waals surface area contributed by atoms with E-state index in [1.165, 1.54) is 0 Å². The van der Waals surface area contributed by atoms with E-state index in [4.69, 9.17) is 16.7 Å². The third-order valence-electron chi connectivity index (χ3n) is 1.64. The van der Waals surface area contributed by atoms with E-state index < -0.39 is 5.97 Å². The first-order valence-corrected chi connectivity index (χ1v) is 4.62. The van der Waals surface area contributed by atoms with E-state index in [2.05, 4.69) is 4.37 Å². The molecule has 13 heavy (non-hydrogen) atoms. The predicted octanol–water partition coefficient (Wildman–Crippen LogP) is 2.65. The molecule has 2 rings (SSSR count). The lowest BCUT2D eigenvalue weighted by atomic mass is 10.2. The van der Waals surface area contributed by atoms with Gasteiger partial charge in [0.15, 0.2) is 5.69 Å². The second-order valence-corrected chi connectivity index (χ2v) is 3.72. The Morgan fingerprint density at radius 3 is 3.00 bits per heavy atom. The number of hydrogen-bond donors (Lipinski definition) is 1. The minimum Gasteiger partial charge on any atom is -0.476 e. The van der Waals surface area contributed by atoms with Gasteiger partial charge in [0, 0.05) is 10.4 Å². The Bertz CT molecular complexity index is 480. The molecule has 1 heterocycles. The molecular weight excluding hydrogens is 210 g/mol. The van der Waals surface area contributed by atoms with Gasteiger partial charge in [0.05, 0.1) is 4.70 Å². The molecule has 0 aliphatic heterocycles. The topological polar surface area (TPSA) is 50.2 Å². The molecular formula is C8H4ClNO2S. The van der Waals surface area contributed by atoms with Gasteiger partial charge in [-0.15, -0.1) is 0 Å². The Hall–Kier alpha value is -1.13. The Balaban J connectivity index is 2.76. The van der Waals surface area contributed by atoms with Crippen LogP contribution >= 0.6 is 23.1 Å². The first kappa shape index (κ1) is 8.47. The molecule has 0 radical (unpaired) electrons. The zero-order valence-electron chi connectivity index (χ0n) is 6.32. The molecule has 1 aromatic carbocycles. The van der Waals surface area contributed by atoms with Crippen molar-refractivity contribution < 1.29 is 9.90 Å². The molecule has 0 atom stereocenters. The first-order chi connectivity index (χ1) is 6.18. The molecule has 0 amide bonds. The largest absolute Gasteiger partial charge is 0.476 e. The average Bonchev–Trinajstić information content (AvgIpc) is 2.46. The summed E-state index contributed by atoms with van der Waals surface area (Å²) in [6.45, 7) is 0. The summed E-state index contributed by atoms with van der Waals surface area (Å²) in [6, 6.07) is 5.04. The lowest BCUT2D eigenvalue weighted by Gasteiger charge is -1.90. The maximum absolute atomic E-state index is 10.7. The molecule has 0 fully saturated rings. The zero-order chi connectivity index (χ0) is 9.42. The molecule has 66 valence electrons. The number of aromatic nitrogens is 1. The summed E-state index contributed by atoms with van der Waals surface area (Å²) in [7, 11) is 0. The maximum Gasteiger partial charge on any atom is 0.356 e. The van der Waals surface area contributed by atoms with E-state index in [0.717, 1.165) is 16.2 Å². The SMILES string of the molecule is O=C(O)c1nsc2cc(Cl)ccc12. The molecule has 0 aliphatic rings. The van der Waals surface area contributed by atoms with Crippen LogP contribution in [0.1, 0.15) is 10.5 Å². The van der Waals surface area contributed by atoms with Crippen molar-refractivity contribution in [2.45, 2.75) is 0 Å². The van der Waals surface area contributed by atoms with Crippen LogP contribution in [0.5, 0.6) is 0 Å². The fraction of sp³-hybridized carbons (Fsp3) is 0. The van der Waals surface area contributed by atoms with Crippen LogP contribution in [0.15, 0.2) is 18.2 Å². The predicted molar refractivity (Wildman–Crippen MR) is 51.6 cm³/mol. The second-order valence-electron chi connectivity index (χ2n) is 2.48. The van der Waals surface area contributed by atoms with Crippen molar-refractivity contribution in [2.75, 3.05) is 0 Å². The van der Waals surface area contributed by atoms with Crippen molar-refractivity contribution in [1.29, 1.82) is 0 Å². The Morgan fingerprint density at radius 1 is 1.54 bits per heavy atom. The molecule has 0 unspecified atom stereocenters. The third-order valence-corrected chi connectivity index (χ3v) is 2.68. The van der Waals surface area contributed by atoms with E-state index in [1.54, 1.807) is 18.2 Å². The van der Waals surface area contributed by atoms with Crippen LogP contribution in [0.4, 0.5) is 0 Å². The second kappa shape index (κ2) is 2.97. The number of aromatic carboxylic acids is 1. The number of carbonyl (C=O) groups is 1. The Kier molecular flexibility index (Phi) is 1.94. The molecule has 1 N–H and O–H groups in total. The summed E-state index contributed by atoms with van der Waals surface area (Å²) in [6.07, 6.45) is 0. The average molecular weight is 214 g/mol. The summed E-state index contributed by atoms with van der Waals surface area (Å²) in [5, 5.41) is 9.98. The van der Waals surface area contributed by atoms with Crippen molar-refractivity contribution in [1.82, 2.24) is 4.37 Å². The Morgan fingerprint density at radius 2 is 2.31 bits per heavy atom. The molecule has 0 spiro atoms. The summed E-state index contributed by atoms with van der Waals surface area (Å²) in [4.78, 5) is 10.7. The van der Waals surface area contributed by atoms with Gasteiger partial charge in [0.25, 0.3) is 0 Å². The van der Waals surface area contributed by atoms with Gasteiger partial charge in [-0.25, -0.2) is 4.79 Å². The number of halogens is 1. The van der Waals surface area contributed by atoms with Crippen molar-refractivity contribution in [2.24, 2.45) is 0 Å². The minimum atomic E-state index is -1.01. The van der Waals surface area contributed by atoms with Crippen LogP contribution in [-0.4, -0.2) is 15.4 Å². The molecule has 2 aromatic rings. The quantitative estimate of drug-likeness (QED) is 0.792. The van der Waals surface area contributed by atoms with Gasteiger partial charge in [-0.2, -0.15) is 4.37 Å². The Labute approximate surface area is 82.7 Å². The highest BCUT2D eigenvalue weighted by atomic mass is 35.5. The van der Waals surface area contributed by atoms with Crippen molar-refractivity contribution in [3.05, 3.63) is 28.9 Å². The van der Waals surface area contributed by atoms with Crippen molar-refractivity contribution in [3.63, 3.8) is 0 Å². The summed E-state index contributed by atoms with van der Waals surface area (Å²) < 4.78 is 4.62. The van der Waals surface area contributed by atoms with Gasteiger partial charge in [0.2, 0.25) is 0 Å². The normalized spacial score (nSPS) is 10.5. The van der Waals surface area contributed by atoms with E-state index in [1.807, 2.05) is 0 Å². The number of benzene rings is 1. The van der Waals surface area contributed by atoms with Crippen molar-refractivity contribution in [3.8, 4) is 0 Å². The fourth-order valence-electron chi connectivity index (χ4n) is 1.07. The van der Waals surface area contributed by atoms with Crippen LogP contribution in [0.3, 0.4) is 0 Å². The molecule has 0 saturated heterocycles. The van der Waals surface area contributed by atoms with Gasteiger partial charge in [-0.3, -0.25) is 0 Å². The lowest BCUT2D eigenvalue weighted by molar-refractivity contribution is 0.0694. The number of rotatable bonds is 1. The summed E-state index contributed by atoms with van der Waals surface area (Å²) in [5.74, 6) is -1.01.